The molecule has 5 heteroatoms. The molecule has 0 aromatic heterocycles. The Kier molecular flexibility index (Phi) is 7.73. The number of nitrogens with one attached hydrogen (secondary N) is 2. The van der Waals surface area contributed by atoms with Crippen molar-refractivity contribution in [3.63, 3.8) is 0 Å². The van der Waals surface area contributed by atoms with Gasteiger partial charge in [0.1, 0.15) is 0 Å². The highest BCUT2D eigenvalue weighted by molar-refractivity contribution is 5.73. The lowest BCUT2D eigenvalue weighted by Crippen LogP contribution is -2.37. The molecule has 0 aromatic rings. The Balaban J connectivity index is 3.03. The zero-order valence-corrected chi connectivity index (χ0v) is 7.43. The van der Waals surface area contributed by atoms with Gasteiger partial charge in [0.15, 0.2) is 0 Å². The van der Waals surface area contributed by atoms with Gasteiger partial charge >= 0.3 is 6.03 Å². The van der Waals surface area contributed by atoms with Crippen LogP contribution in [0.15, 0.2) is 0 Å². The van der Waals surface area contributed by atoms with Crippen LogP contribution in [0.25, 0.3) is 0 Å². The largest absolute Gasteiger partial charge is 0.378 e. The Hall–Kier alpha value is -0.810. The average molecular weight is 175 g/mol. The maximum atomic E-state index is 10.8. The van der Waals surface area contributed by atoms with E-state index < -0.39 is 0 Å². The zero-order chi connectivity index (χ0) is 9.23. The molecule has 0 aliphatic rings. The molecule has 0 unspecified atom stereocenters. The number of hydrogen-bond donors (Lipinski definition) is 3. The van der Waals surface area contributed by atoms with E-state index in [1.54, 1.807) is 0 Å². The molecule has 0 saturated carbocycles. The SMILES string of the molecule is CCNC(=O)NCCOCCN. The highest BCUT2D eigenvalue weighted by Gasteiger charge is 1.94. The van der Waals surface area contributed by atoms with Crippen molar-refractivity contribution in [1.29, 1.82) is 0 Å². The zero-order valence-electron chi connectivity index (χ0n) is 7.43. The van der Waals surface area contributed by atoms with E-state index in [4.69, 9.17) is 10.5 Å². The van der Waals surface area contributed by atoms with Crippen molar-refractivity contribution in [1.82, 2.24) is 10.6 Å². The molecule has 0 rings (SSSR count). The molecular weight excluding hydrogens is 158 g/mol. The van der Waals surface area contributed by atoms with E-state index in [0.717, 1.165) is 0 Å². The number of nitrogens with two attached hydrogens (primary N) is 1. The van der Waals surface area contributed by atoms with Crippen LogP contribution in [0.2, 0.25) is 0 Å². The summed E-state index contributed by atoms with van der Waals surface area (Å²) in [5, 5.41) is 5.23. The van der Waals surface area contributed by atoms with Crippen molar-refractivity contribution in [2.45, 2.75) is 6.92 Å². The number of urea groups is 1. The van der Waals surface area contributed by atoms with E-state index >= 15 is 0 Å². The van der Waals surface area contributed by atoms with Crippen LogP contribution in [0.4, 0.5) is 4.79 Å². The fraction of sp³-hybridized carbons (Fsp3) is 0.857. The lowest BCUT2D eigenvalue weighted by molar-refractivity contribution is 0.143. The predicted molar refractivity (Wildman–Crippen MR) is 46.9 cm³/mol. The smallest absolute Gasteiger partial charge is 0.314 e. The van der Waals surface area contributed by atoms with Gasteiger partial charge in [-0.15, -0.1) is 0 Å². The quantitative estimate of drug-likeness (QED) is 0.466. The number of amides is 2. The van der Waals surface area contributed by atoms with Crippen molar-refractivity contribution in [3.05, 3.63) is 0 Å². The van der Waals surface area contributed by atoms with Gasteiger partial charge in [0.25, 0.3) is 0 Å². The molecule has 2 amide bonds. The van der Waals surface area contributed by atoms with Crippen molar-refractivity contribution in [3.8, 4) is 0 Å². The Bertz CT molecular complexity index is 119. The second-order valence-corrected chi connectivity index (χ2v) is 2.19. The van der Waals surface area contributed by atoms with Crippen LogP contribution >= 0.6 is 0 Å². The summed E-state index contributed by atoms with van der Waals surface area (Å²) in [4.78, 5) is 10.8. The molecule has 5 nitrogen and oxygen atoms in total. The van der Waals surface area contributed by atoms with Crippen molar-refractivity contribution in [2.75, 3.05) is 32.8 Å². The number of ether oxygens (including phenoxy) is 1. The first-order valence-corrected chi connectivity index (χ1v) is 4.10. The van der Waals surface area contributed by atoms with Crippen LogP contribution in [0.5, 0.6) is 0 Å². The van der Waals surface area contributed by atoms with Crippen molar-refractivity contribution in [2.24, 2.45) is 5.73 Å². The lowest BCUT2D eigenvalue weighted by Gasteiger charge is -2.05. The first kappa shape index (κ1) is 11.2. The molecule has 0 bridgehead atoms. The molecule has 72 valence electrons. The highest BCUT2D eigenvalue weighted by Crippen LogP contribution is 1.70. The summed E-state index contributed by atoms with van der Waals surface area (Å²) in [6, 6.07) is -0.158. The topological polar surface area (TPSA) is 76.4 Å². The number of rotatable bonds is 6. The van der Waals surface area contributed by atoms with Gasteiger partial charge in [-0.05, 0) is 6.92 Å². The normalized spacial score (nSPS) is 9.50. The minimum Gasteiger partial charge on any atom is -0.378 e. The molecule has 4 N–H and O–H groups in total. The third-order valence-corrected chi connectivity index (χ3v) is 1.13. The van der Waals surface area contributed by atoms with Gasteiger partial charge < -0.3 is 21.1 Å². The molecule has 0 aliphatic heterocycles. The predicted octanol–water partition coefficient (Wildman–Crippen LogP) is -0.719. The third kappa shape index (κ3) is 7.30. The molecular formula is C7H17N3O2. The fourth-order valence-corrected chi connectivity index (χ4v) is 0.645. The van der Waals surface area contributed by atoms with E-state index in [2.05, 4.69) is 10.6 Å². The maximum absolute atomic E-state index is 10.8. The summed E-state index contributed by atoms with van der Waals surface area (Å²) >= 11 is 0. The standard InChI is InChI=1S/C7H17N3O2/c1-2-9-7(11)10-4-6-12-5-3-8/h2-6,8H2,1H3,(H2,9,10,11). The summed E-state index contributed by atoms with van der Waals surface area (Å²) in [6.45, 7) is 4.58. The van der Waals surface area contributed by atoms with Crippen LogP contribution < -0.4 is 16.4 Å². The maximum Gasteiger partial charge on any atom is 0.314 e. The highest BCUT2D eigenvalue weighted by atomic mass is 16.5. The molecule has 0 heterocycles. The van der Waals surface area contributed by atoms with Gasteiger partial charge in [0.2, 0.25) is 0 Å². The lowest BCUT2D eigenvalue weighted by atomic mass is 10.6. The second-order valence-electron chi connectivity index (χ2n) is 2.19. The van der Waals surface area contributed by atoms with Crippen LogP contribution in [0.1, 0.15) is 6.92 Å². The van der Waals surface area contributed by atoms with E-state index in [1.165, 1.54) is 0 Å². The third-order valence-electron chi connectivity index (χ3n) is 1.13. The number of carbonyl (C=O) groups is 1. The van der Waals surface area contributed by atoms with Gasteiger partial charge in [0, 0.05) is 19.6 Å². The van der Waals surface area contributed by atoms with Gasteiger partial charge in [0.05, 0.1) is 13.2 Å². The monoisotopic (exact) mass is 175 g/mol. The Morgan fingerprint density at radius 1 is 1.42 bits per heavy atom. The fourth-order valence-electron chi connectivity index (χ4n) is 0.645. The first-order valence-electron chi connectivity index (χ1n) is 4.10. The van der Waals surface area contributed by atoms with Crippen LogP contribution in [-0.4, -0.2) is 38.9 Å². The summed E-state index contributed by atoms with van der Waals surface area (Å²) in [5.74, 6) is 0. The molecule has 0 radical (unpaired) electrons. The molecule has 0 aromatic carbocycles. The molecule has 0 saturated heterocycles. The summed E-state index contributed by atoms with van der Waals surface area (Å²) in [5.41, 5.74) is 5.19. The second kappa shape index (κ2) is 8.29. The Morgan fingerprint density at radius 3 is 2.75 bits per heavy atom. The molecule has 12 heavy (non-hydrogen) atoms. The Morgan fingerprint density at radius 2 is 2.17 bits per heavy atom. The van der Waals surface area contributed by atoms with Crippen molar-refractivity contribution >= 4 is 6.03 Å². The minimum absolute atomic E-state index is 0.158. The first-order chi connectivity index (χ1) is 5.81. The van der Waals surface area contributed by atoms with Crippen LogP contribution in [0.3, 0.4) is 0 Å². The van der Waals surface area contributed by atoms with Gasteiger partial charge in [-0.3, -0.25) is 0 Å². The summed E-state index contributed by atoms with van der Waals surface area (Å²) in [6.07, 6.45) is 0. The van der Waals surface area contributed by atoms with E-state index in [-0.39, 0.29) is 6.03 Å². The average Bonchev–Trinajstić information content (AvgIpc) is 2.05. The van der Waals surface area contributed by atoms with Crippen LogP contribution in [-0.2, 0) is 4.74 Å². The number of carbonyl (C=O) groups excluding carboxylic acids is 1. The molecule has 0 spiro atoms. The summed E-state index contributed by atoms with van der Waals surface area (Å²) in [7, 11) is 0. The number of hydrogen-bond acceptors (Lipinski definition) is 3. The molecule has 0 aliphatic carbocycles. The van der Waals surface area contributed by atoms with Crippen molar-refractivity contribution < 1.29 is 9.53 Å². The van der Waals surface area contributed by atoms with E-state index in [9.17, 15) is 4.79 Å². The van der Waals surface area contributed by atoms with Gasteiger partial charge in [-0.25, -0.2) is 4.79 Å². The van der Waals surface area contributed by atoms with E-state index in [0.29, 0.717) is 32.8 Å². The summed E-state index contributed by atoms with van der Waals surface area (Å²) < 4.78 is 5.04. The van der Waals surface area contributed by atoms with Crippen LogP contribution in [0, 0.1) is 0 Å². The van der Waals surface area contributed by atoms with E-state index in [1.807, 2.05) is 6.92 Å². The van der Waals surface area contributed by atoms with Gasteiger partial charge in [-0.2, -0.15) is 0 Å². The van der Waals surface area contributed by atoms with Gasteiger partial charge in [-0.1, -0.05) is 0 Å². The molecule has 0 atom stereocenters. The minimum atomic E-state index is -0.158. The molecule has 0 fully saturated rings. The Labute approximate surface area is 72.6 Å².